The Morgan fingerprint density at radius 3 is 3.17 bits per heavy atom. The molecule has 0 saturated carbocycles. The van der Waals surface area contributed by atoms with Crippen LogP contribution in [0.2, 0.25) is 0 Å². The zero-order valence-electron chi connectivity index (χ0n) is 13.9. The summed E-state index contributed by atoms with van der Waals surface area (Å²) in [7, 11) is 0. The van der Waals surface area contributed by atoms with Gasteiger partial charge in [0.05, 0.1) is 19.1 Å². The van der Waals surface area contributed by atoms with E-state index >= 15 is 0 Å². The third kappa shape index (κ3) is 3.39. The minimum atomic E-state index is 0.283. The van der Waals surface area contributed by atoms with Crippen molar-refractivity contribution in [3.05, 3.63) is 40.3 Å². The van der Waals surface area contributed by atoms with Gasteiger partial charge in [-0.1, -0.05) is 0 Å². The van der Waals surface area contributed by atoms with Gasteiger partial charge in [0.25, 0.3) is 0 Å². The lowest BCUT2D eigenvalue weighted by Crippen LogP contribution is -2.50. The van der Waals surface area contributed by atoms with Gasteiger partial charge in [0.2, 0.25) is 5.91 Å². The van der Waals surface area contributed by atoms with Crippen LogP contribution in [0, 0.1) is 0 Å². The lowest BCUT2D eigenvalue weighted by atomic mass is 10.0. The number of piperidine rings is 1. The summed E-state index contributed by atoms with van der Waals surface area (Å²) in [5.74, 6) is 0.283. The predicted molar refractivity (Wildman–Crippen MR) is 94.9 cm³/mol. The molecule has 0 aromatic carbocycles. The van der Waals surface area contributed by atoms with Gasteiger partial charge >= 0.3 is 0 Å². The molecule has 128 valence electrons. The minimum Gasteiger partial charge on any atom is -0.337 e. The number of carbonyl (C=O) groups excluding carboxylic acids is 1. The monoisotopic (exact) mass is 344 g/mol. The van der Waals surface area contributed by atoms with Crippen LogP contribution in [0.4, 0.5) is 0 Å². The molecule has 0 aliphatic carbocycles. The van der Waals surface area contributed by atoms with Gasteiger partial charge in [-0.3, -0.25) is 14.4 Å². The van der Waals surface area contributed by atoms with Crippen molar-refractivity contribution in [2.75, 3.05) is 19.6 Å². The van der Waals surface area contributed by atoms with Gasteiger partial charge in [0, 0.05) is 36.9 Å². The van der Waals surface area contributed by atoms with Crippen molar-refractivity contribution in [2.24, 2.45) is 0 Å². The molecule has 2 aliphatic heterocycles. The van der Waals surface area contributed by atoms with Crippen LogP contribution in [-0.2, 0) is 24.3 Å². The van der Waals surface area contributed by atoms with Gasteiger partial charge in [-0.25, -0.2) is 0 Å². The van der Waals surface area contributed by atoms with Crippen LogP contribution in [0.3, 0.4) is 0 Å². The van der Waals surface area contributed by atoms with Crippen LogP contribution in [0.15, 0.2) is 29.9 Å². The summed E-state index contributed by atoms with van der Waals surface area (Å²) in [5, 5.41) is 6.48. The summed E-state index contributed by atoms with van der Waals surface area (Å²) < 4.78 is 1.95. The molecule has 1 saturated heterocycles. The van der Waals surface area contributed by atoms with E-state index in [0.29, 0.717) is 6.54 Å². The highest BCUT2D eigenvalue weighted by Gasteiger charge is 2.29. The lowest BCUT2D eigenvalue weighted by Gasteiger charge is -2.37. The molecule has 5 nitrogen and oxygen atoms in total. The fraction of sp³-hybridized carbons (Fsp3) is 0.556. The van der Waals surface area contributed by atoms with E-state index in [2.05, 4.69) is 26.3 Å². The number of aromatic nitrogens is 2. The summed E-state index contributed by atoms with van der Waals surface area (Å²) >= 11 is 1.85. The Kier molecular flexibility index (Phi) is 4.67. The zero-order chi connectivity index (χ0) is 16.4. The molecule has 4 heterocycles. The second-order valence-corrected chi connectivity index (χ2v) is 7.80. The third-order valence-electron chi connectivity index (χ3n) is 5.15. The Labute approximate surface area is 146 Å². The van der Waals surface area contributed by atoms with Gasteiger partial charge in [-0.2, -0.15) is 5.10 Å². The lowest BCUT2D eigenvalue weighted by molar-refractivity contribution is -0.136. The Hall–Kier alpha value is -1.66. The van der Waals surface area contributed by atoms with Crippen LogP contribution in [-0.4, -0.2) is 51.2 Å². The van der Waals surface area contributed by atoms with Crippen molar-refractivity contribution in [1.82, 2.24) is 19.6 Å². The maximum Gasteiger partial charge on any atom is 0.237 e. The number of carbonyl (C=O) groups is 1. The van der Waals surface area contributed by atoms with Crippen molar-refractivity contribution in [3.8, 4) is 0 Å². The number of fused-ring (bicyclic) bond motifs is 1. The molecule has 0 spiro atoms. The highest BCUT2D eigenvalue weighted by molar-refractivity contribution is 7.10. The van der Waals surface area contributed by atoms with E-state index in [-0.39, 0.29) is 11.9 Å². The molecule has 0 unspecified atom stereocenters. The molecular formula is C18H24N4OS. The molecule has 0 N–H and O–H groups in total. The van der Waals surface area contributed by atoms with Crippen LogP contribution in [0.5, 0.6) is 0 Å². The summed E-state index contributed by atoms with van der Waals surface area (Å²) in [6, 6.07) is 4.44. The topological polar surface area (TPSA) is 41.4 Å². The van der Waals surface area contributed by atoms with E-state index in [1.807, 2.05) is 28.3 Å². The zero-order valence-corrected chi connectivity index (χ0v) is 14.7. The number of hydrogen-bond donors (Lipinski definition) is 0. The normalized spacial score (nSPS) is 21.7. The van der Waals surface area contributed by atoms with E-state index < -0.39 is 0 Å². The minimum absolute atomic E-state index is 0.283. The summed E-state index contributed by atoms with van der Waals surface area (Å²) in [5.41, 5.74) is 1.41. The quantitative estimate of drug-likeness (QED) is 0.855. The standard InChI is InChI=1S/C18H24N4OS/c23-18(14-20-10-5-17-15(12-20)6-11-24-17)22-9-2-1-4-16(22)13-21-8-3-7-19-21/h3,6-8,11,16H,1-2,4-5,9-10,12-14H2/t16-/m1/s1. The van der Waals surface area contributed by atoms with Crippen molar-refractivity contribution in [1.29, 1.82) is 0 Å². The number of likely N-dealkylation sites (tertiary alicyclic amines) is 1. The molecule has 24 heavy (non-hydrogen) atoms. The largest absolute Gasteiger partial charge is 0.337 e. The molecule has 1 fully saturated rings. The Bertz CT molecular complexity index is 681. The Morgan fingerprint density at radius 2 is 2.29 bits per heavy atom. The van der Waals surface area contributed by atoms with Crippen LogP contribution >= 0.6 is 11.3 Å². The fourth-order valence-corrected chi connectivity index (χ4v) is 4.76. The van der Waals surface area contributed by atoms with E-state index in [9.17, 15) is 4.79 Å². The number of amides is 1. The first kappa shape index (κ1) is 15.8. The second kappa shape index (κ2) is 7.07. The predicted octanol–water partition coefficient (Wildman–Crippen LogP) is 2.38. The highest BCUT2D eigenvalue weighted by Crippen LogP contribution is 2.24. The molecule has 2 aliphatic rings. The van der Waals surface area contributed by atoms with Gasteiger partial charge in [-0.15, -0.1) is 11.3 Å². The summed E-state index contributed by atoms with van der Waals surface area (Å²) in [6.45, 7) is 4.17. The van der Waals surface area contributed by atoms with Crippen LogP contribution < -0.4 is 0 Å². The molecule has 1 atom stereocenters. The number of nitrogens with zero attached hydrogens (tertiary/aromatic N) is 4. The number of thiophene rings is 1. The number of rotatable bonds is 4. The molecule has 0 radical (unpaired) electrons. The molecule has 6 heteroatoms. The smallest absolute Gasteiger partial charge is 0.237 e. The Morgan fingerprint density at radius 1 is 1.33 bits per heavy atom. The maximum atomic E-state index is 12.9. The maximum absolute atomic E-state index is 12.9. The van der Waals surface area contributed by atoms with E-state index in [1.54, 1.807) is 6.20 Å². The van der Waals surface area contributed by atoms with Gasteiger partial charge < -0.3 is 4.90 Å². The first-order chi connectivity index (χ1) is 11.8. The molecule has 2 aromatic rings. The summed E-state index contributed by atoms with van der Waals surface area (Å²) in [6.07, 6.45) is 8.28. The van der Waals surface area contributed by atoms with Crippen LogP contribution in [0.1, 0.15) is 29.7 Å². The first-order valence-corrected chi connectivity index (χ1v) is 9.72. The van der Waals surface area contributed by atoms with E-state index in [0.717, 1.165) is 45.4 Å². The number of hydrogen-bond acceptors (Lipinski definition) is 4. The third-order valence-corrected chi connectivity index (χ3v) is 6.17. The van der Waals surface area contributed by atoms with Crippen LogP contribution in [0.25, 0.3) is 0 Å². The average molecular weight is 344 g/mol. The molecule has 0 bridgehead atoms. The van der Waals surface area contributed by atoms with Gasteiger partial charge in [-0.05, 0) is 48.8 Å². The van der Waals surface area contributed by atoms with Gasteiger partial charge in [0.1, 0.15) is 0 Å². The highest BCUT2D eigenvalue weighted by atomic mass is 32.1. The van der Waals surface area contributed by atoms with Crippen molar-refractivity contribution < 1.29 is 4.79 Å². The fourth-order valence-electron chi connectivity index (χ4n) is 3.87. The summed E-state index contributed by atoms with van der Waals surface area (Å²) in [4.78, 5) is 18.8. The molecule has 4 rings (SSSR count). The molecule has 2 aromatic heterocycles. The van der Waals surface area contributed by atoms with Gasteiger partial charge in [0.15, 0.2) is 0 Å². The van der Waals surface area contributed by atoms with Crippen molar-refractivity contribution in [2.45, 2.75) is 44.8 Å². The molecular weight excluding hydrogens is 320 g/mol. The first-order valence-electron chi connectivity index (χ1n) is 8.84. The SMILES string of the molecule is O=C(CN1CCc2sccc2C1)N1CCCC[C@@H]1Cn1cccn1. The van der Waals surface area contributed by atoms with E-state index in [4.69, 9.17) is 0 Å². The average Bonchev–Trinajstić information content (AvgIpc) is 3.26. The van der Waals surface area contributed by atoms with Crippen molar-refractivity contribution in [3.63, 3.8) is 0 Å². The molecule has 1 amide bonds. The second-order valence-electron chi connectivity index (χ2n) is 6.79. The Balaban J connectivity index is 1.39. The van der Waals surface area contributed by atoms with Crippen molar-refractivity contribution >= 4 is 17.2 Å². The van der Waals surface area contributed by atoms with E-state index in [1.165, 1.54) is 16.9 Å².